The zero-order valence-electron chi connectivity index (χ0n) is 11.2. The fourth-order valence-corrected chi connectivity index (χ4v) is 2.00. The molecule has 0 spiro atoms. The molecule has 1 N–H and O–H groups in total. The quantitative estimate of drug-likeness (QED) is 0.870. The third kappa shape index (κ3) is 2.17. The maximum Gasteiger partial charge on any atom is 0.204 e. The first-order valence-electron chi connectivity index (χ1n) is 5.54. The minimum absolute atomic E-state index is 0.524. The van der Waals surface area contributed by atoms with E-state index in [9.17, 15) is 0 Å². The zero-order chi connectivity index (χ0) is 14.0. The van der Waals surface area contributed by atoms with Gasteiger partial charge in [0.25, 0.3) is 0 Å². The topological polar surface area (TPSA) is 61.3 Å². The molecule has 0 aliphatic carbocycles. The largest absolute Gasteiger partial charge is 0.493 e. The summed E-state index contributed by atoms with van der Waals surface area (Å²) >= 11 is 5.11. The Bertz CT molecular complexity index is 648. The van der Waals surface area contributed by atoms with Crippen LogP contribution < -0.4 is 14.2 Å². The Morgan fingerprint density at radius 3 is 2.26 bits per heavy atom. The molecule has 0 fully saturated rings. The number of hydrogen-bond acceptors (Lipinski definition) is 5. The summed E-state index contributed by atoms with van der Waals surface area (Å²) in [6, 6.07) is 3.65. The van der Waals surface area contributed by atoms with E-state index in [1.165, 1.54) is 0 Å². The van der Waals surface area contributed by atoms with Crippen molar-refractivity contribution in [2.45, 2.75) is 0 Å². The van der Waals surface area contributed by atoms with Crippen LogP contribution in [-0.4, -0.2) is 36.1 Å². The van der Waals surface area contributed by atoms with Crippen molar-refractivity contribution in [3.8, 4) is 28.6 Å². The molecule has 2 rings (SSSR count). The number of methoxy groups -OCH3 is 3. The second kappa shape index (κ2) is 5.31. The number of aromatic amines is 1. The summed E-state index contributed by atoms with van der Waals surface area (Å²) < 4.78 is 18.3. The first kappa shape index (κ1) is 13.4. The summed E-state index contributed by atoms with van der Waals surface area (Å²) in [7, 11) is 6.54. The van der Waals surface area contributed by atoms with Crippen molar-refractivity contribution in [1.82, 2.24) is 14.8 Å². The predicted octanol–water partition coefficient (Wildman–Crippen LogP) is 2.17. The van der Waals surface area contributed by atoms with Crippen molar-refractivity contribution in [3.05, 3.63) is 16.9 Å². The van der Waals surface area contributed by atoms with Crippen LogP contribution in [-0.2, 0) is 7.05 Å². The molecule has 0 amide bonds. The number of rotatable bonds is 4. The highest BCUT2D eigenvalue weighted by Crippen LogP contribution is 2.43. The second-order valence-electron chi connectivity index (χ2n) is 3.79. The van der Waals surface area contributed by atoms with Gasteiger partial charge >= 0.3 is 0 Å². The Balaban J connectivity index is 2.71. The van der Waals surface area contributed by atoms with Crippen LogP contribution in [0.25, 0.3) is 11.4 Å². The monoisotopic (exact) mass is 281 g/mol. The van der Waals surface area contributed by atoms with Crippen molar-refractivity contribution in [2.24, 2.45) is 7.05 Å². The number of nitrogens with zero attached hydrogens (tertiary/aromatic N) is 2. The summed E-state index contributed by atoms with van der Waals surface area (Å²) in [5.41, 5.74) is 0.773. The highest BCUT2D eigenvalue weighted by molar-refractivity contribution is 7.71. The Labute approximate surface area is 115 Å². The molecule has 0 atom stereocenters. The molecule has 0 unspecified atom stereocenters. The van der Waals surface area contributed by atoms with Gasteiger partial charge in [0.05, 0.1) is 26.9 Å². The first-order chi connectivity index (χ1) is 9.13. The Hall–Kier alpha value is -2.02. The van der Waals surface area contributed by atoms with Gasteiger partial charge in [-0.05, 0) is 24.4 Å². The SMILES string of the molecule is COc1ccc(-c2n[nH]c(=S)n2C)c(OC)c1OC. The molecule has 0 radical (unpaired) electrons. The molecule has 2 aromatic rings. The van der Waals surface area contributed by atoms with Crippen molar-refractivity contribution in [3.63, 3.8) is 0 Å². The molecule has 102 valence electrons. The number of aromatic nitrogens is 3. The first-order valence-corrected chi connectivity index (χ1v) is 5.95. The van der Waals surface area contributed by atoms with Crippen LogP contribution in [0.4, 0.5) is 0 Å². The van der Waals surface area contributed by atoms with Gasteiger partial charge < -0.3 is 18.8 Å². The smallest absolute Gasteiger partial charge is 0.204 e. The van der Waals surface area contributed by atoms with Crippen LogP contribution in [0, 0.1) is 4.77 Å². The van der Waals surface area contributed by atoms with Crippen LogP contribution in [0.15, 0.2) is 12.1 Å². The molecule has 0 bridgehead atoms. The molecule has 6 nitrogen and oxygen atoms in total. The Morgan fingerprint density at radius 2 is 1.79 bits per heavy atom. The summed E-state index contributed by atoms with van der Waals surface area (Å²) in [6.07, 6.45) is 0. The summed E-state index contributed by atoms with van der Waals surface area (Å²) in [4.78, 5) is 0. The van der Waals surface area contributed by atoms with E-state index < -0.39 is 0 Å². The van der Waals surface area contributed by atoms with E-state index in [0.29, 0.717) is 27.8 Å². The number of nitrogens with one attached hydrogen (secondary N) is 1. The lowest BCUT2D eigenvalue weighted by Crippen LogP contribution is -1.99. The van der Waals surface area contributed by atoms with Crippen molar-refractivity contribution < 1.29 is 14.2 Å². The summed E-state index contributed by atoms with van der Waals surface area (Å²) in [6.45, 7) is 0. The molecule has 1 heterocycles. The fraction of sp³-hybridized carbons (Fsp3) is 0.333. The molecule has 0 saturated carbocycles. The van der Waals surface area contributed by atoms with Crippen LogP contribution in [0.5, 0.6) is 17.2 Å². The van der Waals surface area contributed by atoms with Gasteiger partial charge in [-0.2, -0.15) is 5.10 Å². The van der Waals surface area contributed by atoms with Gasteiger partial charge in [0.1, 0.15) is 0 Å². The number of hydrogen-bond donors (Lipinski definition) is 1. The lowest BCUT2D eigenvalue weighted by molar-refractivity contribution is 0.325. The third-order valence-electron chi connectivity index (χ3n) is 2.82. The van der Waals surface area contributed by atoms with E-state index in [1.54, 1.807) is 32.0 Å². The van der Waals surface area contributed by atoms with Crippen LogP contribution in [0.1, 0.15) is 0 Å². The third-order valence-corrected chi connectivity index (χ3v) is 3.19. The van der Waals surface area contributed by atoms with E-state index in [2.05, 4.69) is 10.2 Å². The van der Waals surface area contributed by atoms with Gasteiger partial charge in [0.15, 0.2) is 22.1 Å². The molecule has 0 saturated heterocycles. The van der Waals surface area contributed by atoms with Gasteiger partial charge in [-0.3, -0.25) is 5.10 Å². The summed E-state index contributed by atoms with van der Waals surface area (Å²) in [5, 5.41) is 6.94. The van der Waals surface area contributed by atoms with Gasteiger partial charge in [-0.1, -0.05) is 0 Å². The van der Waals surface area contributed by atoms with Gasteiger partial charge in [-0.25, -0.2) is 0 Å². The van der Waals surface area contributed by atoms with Crippen molar-refractivity contribution in [1.29, 1.82) is 0 Å². The molecule has 1 aromatic carbocycles. The lowest BCUT2D eigenvalue weighted by atomic mass is 10.1. The van der Waals surface area contributed by atoms with Gasteiger partial charge in [0.2, 0.25) is 5.75 Å². The average molecular weight is 281 g/mol. The lowest BCUT2D eigenvalue weighted by Gasteiger charge is -2.15. The predicted molar refractivity (Wildman–Crippen MR) is 73.5 cm³/mol. The second-order valence-corrected chi connectivity index (χ2v) is 4.18. The number of ether oxygens (including phenoxy) is 3. The minimum atomic E-state index is 0.524. The Morgan fingerprint density at radius 1 is 1.11 bits per heavy atom. The molecule has 1 aromatic heterocycles. The van der Waals surface area contributed by atoms with E-state index in [4.69, 9.17) is 26.4 Å². The standard InChI is InChI=1S/C12H15N3O3S/c1-15-11(13-14-12(15)19)7-5-6-8(16-2)10(18-4)9(7)17-3/h5-6H,1-4H3,(H,14,19). The molecule has 19 heavy (non-hydrogen) atoms. The van der Waals surface area contributed by atoms with Crippen LogP contribution in [0.3, 0.4) is 0 Å². The summed E-state index contributed by atoms with van der Waals surface area (Å²) in [5.74, 6) is 2.35. The van der Waals surface area contributed by atoms with Crippen molar-refractivity contribution >= 4 is 12.2 Å². The van der Waals surface area contributed by atoms with Gasteiger partial charge in [0, 0.05) is 7.05 Å². The highest BCUT2D eigenvalue weighted by Gasteiger charge is 2.19. The molecular formula is C12H15N3O3S. The minimum Gasteiger partial charge on any atom is -0.493 e. The average Bonchev–Trinajstić information content (AvgIpc) is 2.77. The normalized spacial score (nSPS) is 10.3. The molecule has 7 heteroatoms. The molecule has 0 aliphatic heterocycles. The van der Waals surface area contributed by atoms with Crippen LogP contribution in [0.2, 0.25) is 0 Å². The number of benzene rings is 1. The number of H-pyrrole nitrogens is 1. The fourth-order valence-electron chi connectivity index (χ4n) is 1.87. The van der Waals surface area contributed by atoms with E-state index in [1.807, 2.05) is 13.1 Å². The maximum atomic E-state index is 5.42. The van der Waals surface area contributed by atoms with Gasteiger partial charge in [-0.15, -0.1) is 0 Å². The Kier molecular flexibility index (Phi) is 3.75. The maximum absolute atomic E-state index is 5.42. The van der Waals surface area contributed by atoms with E-state index in [0.717, 1.165) is 5.56 Å². The van der Waals surface area contributed by atoms with Crippen LogP contribution >= 0.6 is 12.2 Å². The highest BCUT2D eigenvalue weighted by atomic mass is 32.1. The van der Waals surface area contributed by atoms with E-state index >= 15 is 0 Å². The zero-order valence-corrected chi connectivity index (χ0v) is 12.0. The van der Waals surface area contributed by atoms with Crippen molar-refractivity contribution in [2.75, 3.05) is 21.3 Å². The molecular weight excluding hydrogens is 266 g/mol. The van der Waals surface area contributed by atoms with E-state index in [-0.39, 0.29) is 0 Å². The molecule has 0 aliphatic rings.